The van der Waals surface area contributed by atoms with Crippen LogP contribution >= 0.6 is 11.6 Å². The van der Waals surface area contributed by atoms with Gasteiger partial charge in [-0.3, -0.25) is 0 Å². The minimum Gasteiger partial charge on any atom is -0.496 e. The van der Waals surface area contributed by atoms with E-state index in [4.69, 9.17) is 16.3 Å². The van der Waals surface area contributed by atoms with Crippen LogP contribution in [0.3, 0.4) is 0 Å². The van der Waals surface area contributed by atoms with Crippen molar-refractivity contribution in [2.24, 2.45) is 0 Å². The largest absolute Gasteiger partial charge is 0.496 e. The van der Waals surface area contributed by atoms with Gasteiger partial charge < -0.3 is 14.6 Å². The van der Waals surface area contributed by atoms with Gasteiger partial charge in [0.1, 0.15) is 5.75 Å². The van der Waals surface area contributed by atoms with E-state index < -0.39 is 0 Å². The van der Waals surface area contributed by atoms with E-state index in [9.17, 15) is 0 Å². The maximum atomic E-state index is 6.04. The topological polar surface area (TPSA) is 26.2 Å². The predicted molar refractivity (Wildman–Crippen MR) is 74.3 cm³/mol. The van der Waals surface area contributed by atoms with Crippen molar-refractivity contribution in [3.8, 4) is 5.75 Å². The summed E-state index contributed by atoms with van der Waals surface area (Å²) in [5.74, 6) is 0.864. The summed E-state index contributed by atoms with van der Waals surface area (Å²) in [6, 6.07) is 9.84. The van der Waals surface area contributed by atoms with Gasteiger partial charge in [0, 0.05) is 29.0 Å². The predicted octanol–water partition coefficient (Wildman–Crippen LogP) is 2.92. The summed E-state index contributed by atoms with van der Waals surface area (Å²) in [6.45, 7) is 1.60. The number of rotatable bonds is 5. The summed E-state index contributed by atoms with van der Waals surface area (Å²) in [5.41, 5.74) is 2.32. The second kappa shape index (κ2) is 5.94. The third kappa shape index (κ3) is 2.86. The second-order valence-corrected chi connectivity index (χ2v) is 4.55. The Morgan fingerprint density at radius 2 is 2.17 bits per heavy atom. The molecule has 2 aromatic rings. The maximum absolute atomic E-state index is 6.04. The molecule has 0 aliphatic heterocycles. The third-order valence-electron chi connectivity index (χ3n) is 2.86. The number of nitrogens with one attached hydrogen (secondary N) is 1. The Morgan fingerprint density at radius 1 is 1.33 bits per heavy atom. The highest BCUT2D eigenvalue weighted by Crippen LogP contribution is 2.24. The minimum absolute atomic E-state index is 0.730. The molecule has 0 radical (unpaired) electrons. The van der Waals surface area contributed by atoms with Crippen LogP contribution in [0.1, 0.15) is 11.3 Å². The average molecular weight is 265 g/mol. The molecule has 0 spiro atoms. The number of benzene rings is 1. The Labute approximate surface area is 112 Å². The highest BCUT2D eigenvalue weighted by Gasteiger charge is 2.07. The van der Waals surface area contributed by atoms with Crippen molar-refractivity contribution in [3.05, 3.63) is 52.8 Å². The van der Waals surface area contributed by atoms with Crippen molar-refractivity contribution < 1.29 is 4.74 Å². The molecule has 0 saturated heterocycles. The summed E-state index contributed by atoms with van der Waals surface area (Å²) < 4.78 is 7.55. The normalized spacial score (nSPS) is 10.6. The standard InChI is InChI=1S/C14H17ClN2O/c1-16-9-13-4-3-7-17(13)10-11-8-12(15)5-6-14(11)18-2/h3-8,16H,9-10H2,1-2H3. The number of ether oxygens (including phenoxy) is 1. The molecule has 96 valence electrons. The van der Waals surface area contributed by atoms with Crippen LogP contribution in [0, 0.1) is 0 Å². The molecule has 18 heavy (non-hydrogen) atoms. The van der Waals surface area contributed by atoms with Crippen LogP contribution in [-0.4, -0.2) is 18.7 Å². The molecule has 2 rings (SSSR count). The van der Waals surface area contributed by atoms with E-state index in [-0.39, 0.29) is 0 Å². The van der Waals surface area contributed by atoms with Crippen LogP contribution in [0.5, 0.6) is 5.75 Å². The molecule has 0 fully saturated rings. The van der Waals surface area contributed by atoms with E-state index in [0.29, 0.717) is 0 Å². The van der Waals surface area contributed by atoms with E-state index in [0.717, 1.165) is 29.4 Å². The van der Waals surface area contributed by atoms with Gasteiger partial charge in [-0.2, -0.15) is 0 Å². The first-order valence-corrected chi connectivity index (χ1v) is 6.23. The average Bonchev–Trinajstić information content (AvgIpc) is 2.78. The molecule has 0 aliphatic rings. The fourth-order valence-corrected chi connectivity index (χ4v) is 2.19. The summed E-state index contributed by atoms with van der Waals surface area (Å²) in [7, 11) is 3.62. The first-order chi connectivity index (χ1) is 8.74. The Hall–Kier alpha value is -1.45. The molecular formula is C14H17ClN2O. The highest BCUT2D eigenvalue weighted by atomic mass is 35.5. The van der Waals surface area contributed by atoms with Gasteiger partial charge in [0.2, 0.25) is 0 Å². The second-order valence-electron chi connectivity index (χ2n) is 4.11. The van der Waals surface area contributed by atoms with E-state index in [2.05, 4.69) is 22.1 Å². The summed E-state index contributed by atoms with van der Waals surface area (Å²) in [5, 5.41) is 3.89. The molecule has 1 aromatic heterocycles. The molecule has 0 unspecified atom stereocenters. The molecule has 3 nitrogen and oxygen atoms in total. The van der Waals surface area contributed by atoms with Gasteiger partial charge in [0.15, 0.2) is 0 Å². The summed E-state index contributed by atoms with van der Waals surface area (Å²) >= 11 is 6.04. The zero-order valence-electron chi connectivity index (χ0n) is 10.6. The number of nitrogens with zero attached hydrogens (tertiary/aromatic N) is 1. The number of methoxy groups -OCH3 is 1. The van der Waals surface area contributed by atoms with Gasteiger partial charge in [0.05, 0.1) is 13.7 Å². The summed E-state index contributed by atoms with van der Waals surface area (Å²) in [6.07, 6.45) is 2.06. The van der Waals surface area contributed by atoms with Crippen molar-refractivity contribution in [1.82, 2.24) is 9.88 Å². The van der Waals surface area contributed by atoms with Gasteiger partial charge in [-0.15, -0.1) is 0 Å². The quantitative estimate of drug-likeness (QED) is 0.899. The van der Waals surface area contributed by atoms with Crippen molar-refractivity contribution in [2.75, 3.05) is 14.2 Å². The number of aromatic nitrogens is 1. The molecule has 0 bridgehead atoms. The van der Waals surface area contributed by atoms with E-state index >= 15 is 0 Å². The fraction of sp³-hybridized carbons (Fsp3) is 0.286. The fourth-order valence-electron chi connectivity index (χ4n) is 2.00. The lowest BCUT2D eigenvalue weighted by Gasteiger charge is -2.12. The Bertz CT molecular complexity index is 522. The van der Waals surface area contributed by atoms with E-state index in [1.165, 1.54) is 5.69 Å². The molecule has 1 aromatic carbocycles. The lowest BCUT2D eigenvalue weighted by atomic mass is 10.2. The van der Waals surface area contributed by atoms with Crippen molar-refractivity contribution in [2.45, 2.75) is 13.1 Å². The smallest absolute Gasteiger partial charge is 0.123 e. The van der Waals surface area contributed by atoms with Crippen molar-refractivity contribution in [1.29, 1.82) is 0 Å². The summed E-state index contributed by atoms with van der Waals surface area (Å²) in [4.78, 5) is 0. The van der Waals surface area contributed by atoms with Gasteiger partial charge in [-0.05, 0) is 37.4 Å². The third-order valence-corrected chi connectivity index (χ3v) is 3.10. The molecule has 0 saturated carbocycles. The zero-order valence-corrected chi connectivity index (χ0v) is 11.4. The highest BCUT2D eigenvalue weighted by molar-refractivity contribution is 6.30. The molecule has 1 heterocycles. The molecule has 1 N–H and O–H groups in total. The molecular weight excluding hydrogens is 248 g/mol. The Kier molecular flexibility index (Phi) is 4.28. The number of halogens is 1. The first-order valence-electron chi connectivity index (χ1n) is 5.85. The van der Waals surface area contributed by atoms with Crippen LogP contribution in [0.4, 0.5) is 0 Å². The lowest BCUT2D eigenvalue weighted by molar-refractivity contribution is 0.408. The number of hydrogen-bond acceptors (Lipinski definition) is 2. The first kappa shape index (κ1) is 13.0. The monoisotopic (exact) mass is 264 g/mol. The van der Waals surface area contributed by atoms with Crippen LogP contribution < -0.4 is 10.1 Å². The Morgan fingerprint density at radius 3 is 2.89 bits per heavy atom. The van der Waals surface area contributed by atoms with E-state index in [1.807, 2.05) is 31.3 Å². The maximum Gasteiger partial charge on any atom is 0.123 e. The molecule has 0 aliphatic carbocycles. The van der Waals surface area contributed by atoms with Gasteiger partial charge in [-0.1, -0.05) is 11.6 Å². The van der Waals surface area contributed by atoms with Crippen molar-refractivity contribution in [3.63, 3.8) is 0 Å². The van der Waals surface area contributed by atoms with Crippen LogP contribution in [0.15, 0.2) is 36.5 Å². The van der Waals surface area contributed by atoms with Gasteiger partial charge in [0.25, 0.3) is 0 Å². The van der Waals surface area contributed by atoms with Crippen LogP contribution in [-0.2, 0) is 13.1 Å². The Balaban J connectivity index is 2.27. The van der Waals surface area contributed by atoms with Crippen molar-refractivity contribution >= 4 is 11.6 Å². The number of hydrogen-bond donors (Lipinski definition) is 1. The van der Waals surface area contributed by atoms with Crippen LogP contribution in [0.2, 0.25) is 5.02 Å². The van der Waals surface area contributed by atoms with Gasteiger partial charge >= 0.3 is 0 Å². The molecule has 4 heteroatoms. The SMILES string of the molecule is CNCc1cccn1Cc1cc(Cl)ccc1OC. The minimum atomic E-state index is 0.730. The lowest BCUT2D eigenvalue weighted by Crippen LogP contribution is -2.11. The zero-order chi connectivity index (χ0) is 13.0. The van der Waals surface area contributed by atoms with Gasteiger partial charge in [-0.25, -0.2) is 0 Å². The molecule has 0 atom stereocenters. The van der Waals surface area contributed by atoms with E-state index in [1.54, 1.807) is 7.11 Å². The molecule has 0 amide bonds. The van der Waals surface area contributed by atoms with Crippen LogP contribution in [0.25, 0.3) is 0 Å².